The van der Waals surface area contributed by atoms with Crippen molar-refractivity contribution in [1.29, 1.82) is 0 Å². The summed E-state index contributed by atoms with van der Waals surface area (Å²) in [6.07, 6.45) is 5.45. The van der Waals surface area contributed by atoms with E-state index in [1.165, 1.54) is 18.3 Å². The van der Waals surface area contributed by atoms with Crippen LogP contribution >= 0.6 is 0 Å². The Kier molecular flexibility index (Phi) is 3.79. The minimum Gasteiger partial charge on any atom is -0.501 e. The summed E-state index contributed by atoms with van der Waals surface area (Å²) in [6, 6.07) is 0. The van der Waals surface area contributed by atoms with Gasteiger partial charge in [0.15, 0.2) is 0 Å². The fourth-order valence-electron chi connectivity index (χ4n) is 2.38. The van der Waals surface area contributed by atoms with Crippen LogP contribution < -0.4 is 0 Å². The quantitative estimate of drug-likeness (QED) is 0.718. The van der Waals surface area contributed by atoms with Gasteiger partial charge in [-0.05, 0) is 34.1 Å². The highest BCUT2D eigenvalue weighted by molar-refractivity contribution is 6.54. The van der Waals surface area contributed by atoms with Crippen LogP contribution in [0.15, 0.2) is 11.7 Å². The Morgan fingerprint density at radius 2 is 1.83 bits per heavy atom. The first kappa shape index (κ1) is 13.9. The van der Waals surface area contributed by atoms with Gasteiger partial charge in [-0.2, -0.15) is 0 Å². The third-order valence-electron chi connectivity index (χ3n) is 4.42. The van der Waals surface area contributed by atoms with Crippen LogP contribution in [0.5, 0.6) is 0 Å². The van der Waals surface area contributed by atoms with Gasteiger partial charge < -0.3 is 14.0 Å². The highest BCUT2D eigenvalue weighted by atomic mass is 16.7. The fourth-order valence-corrected chi connectivity index (χ4v) is 2.38. The van der Waals surface area contributed by atoms with Crippen molar-refractivity contribution in [3.05, 3.63) is 11.7 Å². The van der Waals surface area contributed by atoms with Crippen molar-refractivity contribution < 1.29 is 14.0 Å². The van der Waals surface area contributed by atoms with Gasteiger partial charge in [0.05, 0.1) is 24.1 Å². The minimum atomic E-state index is -0.267. The monoisotopic (exact) mass is 252 g/mol. The third-order valence-corrected chi connectivity index (χ3v) is 4.42. The van der Waals surface area contributed by atoms with Crippen LogP contribution in [0.3, 0.4) is 0 Å². The molecule has 2 rings (SSSR count). The molecule has 0 aromatic heterocycles. The molecular weight excluding hydrogens is 227 g/mol. The second kappa shape index (κ2) is 4.89. The van der Waals surface area contributed by atoms with Crippen LogP contribution in [-0.2, 0) is 14.0 Å². The third kappa shape index (κ3) is 2.46. The van der Waals surface area contributed by atoms with Crippen molar-refractivity contribution >= 4 is 7.12 Å². The van der Waals surface area contributed by atoms with Gasteiger partial charge in [0.25, 0.3) is 0 Å². The number of hydrogen-bond donors (Lipinski definition) is 0. The average molecular weight is 252 g/mol. The predicted octanol–water partition coefficient (Wildman–Crippen LogP) is 3.34. The molecule has 0 bridgehead atoms. The fraction of sp³-hybridized carbons (Fsp3) is 0.857. The summed E-state index contributed by atoms with van der Waals surface area (Å²) < 4.78 is 17.7. The molecule has 102 valence electrons. The summed E-state index contributed by atoms with van der Waals surface area (Å²) >= 11 is 0. The molecule has 0 radical (unpaired) electrons. The molecule has 4 heteroatoms. The summed E-state index contributed by atoms with van der Waals surface area (Å²) in [5.74, 6) is 0.458. The van der Waals surface area contributed by atoms with E-state index in [2.05, 4.69) is 34.6 Å². The maximum atomic E-state index is 6.09. The second-order valence-corrected chi connectivity index (χ2v) is 6.38. The molecule has 3 nitrogen and oxygen atoms in total. The van der Waals surface area contributed by atoms with Gasteiger partial charge in [-0.1, -0.05) is 19.8 Å². The van der Waals surface area contributed by atoms with Crippen molar-refractivity contribution in [3.8, 4) is 0 Å². The molecule has 0 aromatic carbocycles. The normalized spacial score (nSPS) is 29.3. The van der Waals surface area contributed by atoms with E-state index < -0.39 is 0 Å². The first-order valence-corrected chi connectivity index (χ1v) is 7.04. The second-order valence-electron chi connectivity index (χ2n) is 6.38. The molecule has 0 amide bonds. The van der Waals surface area contributed by atoms with Crippen molar-refractivity contribution in [3.63, 3.8) is 0 Å². The van der Waals surface area contributed by atoms with Crippen LogP contribution in [0.4, 0.5) is 0 Å². The van der Waals surface area contributed by atoms with Crippen molar-refractivity contribution in [2.75, 3.05) is 6.61 Å². The smallest absolute Gasteiger partial charge is 0.494 e. The summed E-state index contributed by atoms with van der Waals surface area (Å²) in [6.45, 7) is 11.3. The predicted molar refractivity (Wildman–Crippen MR) is 73.1 cm³/mol. The molecule has 0 aliphatic carbocycles. The zero-order valence-corrected chi connectivity index (χ0v) is 12.3. The van der Waals surface area contributed by atoms with Crippen molar-refractivity contribution in [2.24, 2.45) is 5.92 Å². The van der Waals surface area contributed by atoms with E-state index in [9.17, 15) is 0 Å². The molecule has 0 spiro atoms. The molecule has 2 aliphatic heterocycles. The number of hydrogen-bond acceptors (Lipinski definition) is 3. The molecule has 1 unspecified atom stereocenters. The molecule has 2 heterocycles. The van der Waals surface area contributed by atoms with Gasteiger partial charge in [-0.15, -0.1) is 0 Å². The lowest BCUT2D eigenvalue weighted by Crippen LogP contribution is -2.41. The lowest BCUT2D eigenvalue weighted by atomic mass is 9.71. The SMILES string of the molecule is CCCCC1COC=C1B1OC(C)(C)C(C)(C)O1. The van der Waals surface area contributed by atoms with Gasteiger partial charge in [0, 0.05) is 11.4 Å². The minimum absolute atomic E-state index is 0.237. The molecule has 0 aromatic rings. The number of rotatable bonds is 4. The Morgan fingerprint density at radius 3 is 2.39 bits per heavy atom. The van der Waals surface area contributed by atoms with Crippen LogP contribution in [0.25, 0.3) is 0 Å². The molecular formula is C14H25BO3. The molecule has 1 fully saturated rings. The van der Waals surface area contributed by atoms with E-state index in [1.807, 2.05) is 6.26 Å². The summed E-state index contributed by atoms with van der Waals surface area (Å²) in [5, 5.41) is 0. The van der Waals surface area contributed by atoms with Gasteiger partial charge in [0.2, 0.25) is 0 Å². The van der Waals surface area contributed by atoms with E-state index in [4.69, 9.17) is 14.0 Å². The maximum Gasteiger partial charge on any atom is 0.494 e. The van der Waals surface area contributed by atoms with E-state index in [1.54, 1.807) is 0 Å². The van der Waals surface area contributed by atoms with E-state index in [0.29, 0.717) is 5.92 Å². The molecule has 0 saturated carbocycles. The Morgan fingerprint density at radius 1 is 1.22 bits per heavy atom. The van der Waals surface area contributed by atoms with Gasteiger partial charge in [-0.25, -0.2) is 0 Å². The van der Waals surface area contributed by atoms with E-state index >= 15 is 0 Å². The Bertz CT molecular complexity index is 320. The summed E-state index contributed by atoms with van der Waals surface area (Å²) in [5.41, 5.74) is 0.648. The van der Waals surface area contributed by atoms with Gasteiger partial charge in [-0.3, -0.25) is 0 Å². The lowest BCUT2D eigenvalue weighted by molar-refractivity contribution is 0.00578. The standard InChI is InChI=1S/C14H25BO3/c1-6-7-8-11-9-16-10-12(11)15-17-13(2,3)14(4,5)18-15/h10-11H,6-9H2,1-5H3. The Labute approximate surface area is 111 Å². The molecule has 1 saturated heterocycles. The summed E-state index contributed by atoms with van der Waals surface area (Å²) in [4.78, 5) is 0. The van der Waals surface area contributed by atoms with Gasteiger partial charge in [0.1, 0.15) is 0 Å². The highest BCUT2D eigenvalue weighted by Crippen LogP contribution is 2.41. The van der Waals surface area contributed by atoms with E-state index in [0.717, 1.165) is 13.0 Å². The van der Waals surface area contributed by atoms with Crippen LogP contribution in [0.1, 0.15) is 53.9 Å². The Balaban J connectivity index is 2.05. The first-order chi connectivity index (χ1) is 8.37. The van der Waals surface area contributed by atoms with Gasteiger partial charge >= 0.3 is 7.12 Å². The molecule has 0 N–H and O–H groups in total. The largest absolute Gasteiger partial charge is 0.501 e. The zero-order valence-electron chi connectivity index (χ0n) is 12.3. The van der Waals surface area contributed by atoms with E-state index in [-0.39, 0.29) is 18.3 Å². The number of ether oxygens (including phenoxy) is 1. The zero-order chi connectivity index (χ0) is 13.4. The average Bonchev–Trinajstić information content (AvgIpc) is 2.79. The topological polar surface area (TPSA) is 27.7 Å². The summed E-state index contributed by atoms with van der Waals surface area (Å²) in [7, 11) is -0.237. The highest BCUT2D eigenvalue weighted by Gasteiger charge is 2.54. The number of unbranched alkanes of at least 4 members (excludes halogenated alkanes) is 1. The van der Waals surface area contributed by atoms with Crippen LogP contribution in [0, 0.1) is 5.92 Å². The first-order valence-electron chi connectivity index (χ1n) is 7.04. The van der Waals surface area contributed by atoms with Crippen LogP contribution in [-0.4, -0.2) is 24.9 Å². The molecule has 18 heavy (non-hydrogen) atoms. The van der Waals surface area contributed by atoms with Crippen molar-refractivity contribution in [2.45, 2.75) is 65.1 Å². The molecule has 1 atom stereocenters. The Hall–Kier alpha value is -0.475. The molecule has 2 aliphatic rings. The maximum absolute atomic E-state index is 6.09. The van der Waals surface area contributed by atoms with Crippen molar-refractivity contribution in [1.82, 2.24) is 0 Å². The lowest BCUT2D eigenvalue weighted by Gasteiger charge is -2.32. The van der Waals surface area contributed by atoms with Crippen LogP contribution in [0.2, 0.25) is 0 Å².